The zero-order valence-corrected chi connectivity index (χ0v) is 23.2. The number of rotatable bonds is 6. The fraction of sp³-hybridized carbons (Fsp3) is 0.517. The van der Waals surface area contributed by atoms with Crippen molar-refractivity contribution in [1.29, 1.82) is 0 Å². The number of fused-ring (bicyclic) bond motifs is 1. The molecule has 2 N–H and O–H groups in total. The van der Waals surface area contributed by atoms with Crippen molar-refractivity contribution >= 4 is 35.0 Å². The lowest BCUT2D eigenvalue weighted by atomic mass is 10.0. The van der Waals surface area contributed by atoms with Gasteiger partial charge in [-0.15, -0.1) is 6.42 Å². The number of alkyl halides is 1. The summed E-state index contributed by atoms with van der Waals surface area (Å²) in [4.78, 5) is 40.3. The van der Waals surface area contributed by atoms with Crippen LogP contribution in [0.2, 0.25) is 0 Å². The number of piperidine rings is 1. The molecule has 1 aromatic carbocycles. The summed E-state index contributed by atoms with van der Waals surface area (Å²) in [7, 11) is 5.10. The molecule has 0 spiro atoms. The number of hydrogen-bond acceptors (Lipinski definition) is 8. The standard InChI is InChI=1S/C29H36FN7O3/c1-5-29(30)18-37(21-8-6-7-9-21)25-23(36(3)27(29)39)17-31-28(34-25)33-22-11-10-19(16-24(22)40-4)26(38)32-20-12-14-35(2)15-13-20/h1,10-11,16-17,20-21H,6-9,12-15,18H2,2-4H3,(H,32,38)(H,31,33,34)/t29-/m0/s1. The number of methoxy groups -OCH3 is 1. The second kappa shape index (κ2) is 11.3. The van der Waals surface area contributed by atoms with Gasteiger partial charge in [0, 0.05) is 24.7 Å². The van der Waals surface area contributed by atoms with Crippen LogP contribution in [0.15, 0.2) is 24.4 Å². The van der Waals surface area contributed by atoms with Crippen molar-refractivity contribution in [2.75, 3.05) is 56.0 Å². The molecule has 0 radical (unpaired) electrons. The van der Waals surface area contributed by atoms with E-state index in [1.165, 1.54) is 25.3 Å². The van der Waals surface area contributed by atoms with Crippen LogP contribution in [0.1, 0.15) is 48.9 Å². The number of benzene rings is 1. The average molecular weight is 550 g/mol. The van der Waals surface area contributed by atoms with E-state index in [1.807, 2.05) is 4.90 Å². The van der Waals surface area contributed by atoms with Crippen molar-refractivity contribution in [1.82, 2.24) is 20.2 Å². The van der Waals surface area contributed by atoms with Gasteiger partial charge in [0.25, 0.3) is 17.5 Å². The lowest BCUT2D eigenvalue weighted by molar-refractivity contribution is -0.125. The van der Waals surface area contributed by atoms with E-state index in [-0.39, 0.29) is 30.5 Å². The molecule has 1 aromatic heterocycles. The number of nitrogens with zero attached hydrogens (tertiary/aromatic N) is 5. The summed E-state index contributed by atoms with van der Waals surface area (Å²) in [6, 6.07) is 5.30. The van der Waals surface area contributed by atoms with Crippen LogP contribution in [0.3, 0.4) is 0 Å². The molecule has 1 atom stereocenters. The van der Waals surface area contributed by atoms with E-state index in [9.17, 15) is 9.59 Å². The van der Waals surface area contributed by atoms with Crippen LogP contribution in [-0.4, -0.2) is 85.3 Å². The molecule has 40 heavy (non-hydrogen) atoms. The molecule has 0 bridgehead atoms. The Labute approximate surface area is 234 Å². The summed E-state index contributed by atoms with van der Waals surface area (Å²) >= 11 is 0. The van der Waals surface area contributed by atoms with Gasteiger partial charge in [0.1, 0.15) is 11.4 Å². The zero-order valence-electron chi connectivity index (χ0n) is 23.2. The highest BCUT2D eigenvalue weighted by Crippen LogP contribution is 2.39. The summed E-state index contributed by atoms with van der Waals surface area (Å²) in [6.07, 6.45) is 12.6. The molecular weight excluding hydrogens is 513 g/mol. The number of hydrogen-bond donors (Lipinski definition) is 2. The van der Waals surface area contributed by atoms with E-state index in [2.05, 4.69) is 33.5 Å². The Bertz CT molecular complexity index is 1320. The third-order valence-corrected chi connectivity index (χ3v) is 8.17. The van der Waals surface area contributed by atoms with Crippen LogP contribution in [0.25, 0.3) is 0 Å². The highest BCUT2D eigenvalue weighted by Gasteiger charge is 2.47. The fourth-order valence-corrected chi connectivity index (χ4v) is 5.73. The fourth-order valence-electron chi connectivity index (χ4n) is 5.73. The van der Waals surface area contributed by atoms with Gasteiger partial charge in [0.2, 0.25) is 5.95 Å². The molecule has 10 nitrogen and oxygen atoms in total. The molecule has 2 amide bonds. The van der Waals surface area contributed by atoms with E-state index >= 15 is 4.39 Å². The third-order valence-electron chi connectivity index (χ3n) is 8.17. The van der Waals surface area contributed by atoms with Gasteiger partial charge in [0.05, 0.1) is 25.5 Å². The van der Waals surface area contributed by atoms with Gasteiger partial charge >= 0.3 is 0 Å². The maximum absolute atomic E-state index is 15.7. The molecule has 2 aromatic rings. The quantitative estimate of drug-likeness (QED) is 0.530. The number of terminal acetylenes is 1. The Morgan fingerprint density at radius 3 is 2.60 bits per heavy atom. The van der Waals surface area contributed by atoms with E-state index in [0.717, 1.165) is 51.6 Å². The minimum Gasteiger partial charge on any atom is -0.495 e. The zero-order chi connectivity index (χ0) is 28.4. The minimum atomic E-state index is -2.47. The highest BCUT2D eigenvalue weighted by atomic mass is 19.1. The molecular formula is C29H36FN7O3. The predicted octanol–water partition coefficient (Wildman–Crippen LogP) is 3.12. The van der Waals surface area contributed by atoms with Crippen LogP contribution in [-0.2, 0) is 4.79 Å². The smallest absolute Gasteiger partial charge is 0.279 e. The van der Waals surface area contributed by atoms with Gasteiger partial charge in [-0.1, -0.05) is 18.8 Å². The summed E-state index contributed by atoms with van der Waals surface area (Å²) < 4.78 is 21.3. The number of carbonyl (C=O) groups is 2. The molecule has 1 saturated carbocycles. The summed E-state index contributed by atoms with van der Waals surface area (Å²) in [5, 5.41) is 6.29. The van der Waals surface area contributed by atoms with Crippen LogP contribution in [0, 0.1) is 12.3 Å². The maximum Gasteiger partial charge on any atom is 0.279 e. The number of anilines is 4. The maximum atomic E-state index is 15.7. The van der Waals surface area contributed by atoms with E-state index in [1.54, 1.807) is 18.2 Å². The number of nitrogens with one attached hydrogen (secondary N) is 2. The van der Waals surface area contributed by atoms with E-state index < -0.39 is 11.6 Å². The first-order chi connectivity index (χ1) is 19.2. The average Bonchev–Trinajstić information content (AvgIpc) is 3.49. The second-order valence-corrected chi connectivity index (χ2v) is 10.9. The Hall–Kier alpha value is -3.91. The van der Waals surface area contributed by atoms with Gasteiger partial charge in [-0.05, 0) is 64.0 Å². The summed E-state index contributed by atoms with van der Waals surface area (Å²) in [5.74, 6) is 2.27. The Morgan fingerprint density at radius 2 is 1.93 bits per heavy atom. The molecule has 0 unspecified atom stereocenters. The van der Waals surface area contributed by atoms with Crippen molar-refractivity contribution in [3.05, 3.63) is 30.0 Å². The van der Waals surface area contributed by atoms with Crippen LogP contribution < -0.4 is 25.2 Å². The van der Waals surface area contributed by atoms with Gasteiger partial charge < -0.3 is 30.1 Å². The molecule has 5 rings (SSSR count). The molecule has 2 fully saturated rings. The lowest BCUT2D eigenvalue weighted by Gasteiger charge is -2.32. The first kappa shape index (κ1) is 27.6. The van der Waals surface area contributed by atoms with Gasteiger partial charge in [-0.2, -0.15) is 4.98 Å². The SMILES string of the molecule is C#C[C@]1(F)CN(C2CCCC2)c2nc(Nc3ccc(C(=O)NC4CCN(C)CC4)cc3OC)ncc2N(C)C1=O. The summed E-state index contributed by atoms with van der Waals surface area (Å²) in [6.45, 7) is 1.63. The Morgan fingerprint density at radius 1 is 1.20 bits per heavy atom. The number of amides is 2. The highest BCUT2D eigenvalue weighted by molar-refractivity contribution is 6.05. The molecule has 1 aliphatic carbocycles. The van der Waals surface area contributed by atoms with Crippen molar-refractivity contribution in [2.24, 2.45) is 0 Å². The van der Waals surface area contributed by atoms with E-state index in [4.69, 9.17) is 16.1 Å². The molecule has 212 valence electrons. The first-order valence-corrected chi connectivity index (χ1v) is 13.8. The monoisotopic (exact) mass is 549 g/mol. The van der Waals surface area contributed by atoms with Gasteiger partial charge in [0.15, 0.2) is 5.82 Å². The number of carbonyl (C=O) groups excluding carboxylic acids is 2. The molecule has 3 heterocycles. The number of halogens is 1. The van der Waals surface area contributed by atoms with Gasteiger partial charge in [-0.3, -0.25) is 9.59 Å². The minimum absolute atomic E-state index is 0.0150. The normalized spacial score (nSPS) is 22.4. The molecule has 1 saturated heterocycles. The Balaban J connectivity index is 1.40. The predicted molar refractivity (Wildman–Crippen MR) is 152 cm³/mol. The van der Waals surface area contributed by atoms with Crippen molar-refractivity contribution in [2.45, 2.75) is 56.3 Å². The molecule has 3 aliphatic rings. The second-order valence-electron chi connectivity index (χ2n) is 10.9. The Kier molecular flexibility index (Phi) is 7.81. The number of aromatic nitrogens is 2. The van der Waals surface area contributed by atoms with Crippen LogP contribution >= 0.6 is 0 Å². The topological polar surface area (TPSA) is 103 Å². The largest absolute Gasteiger partial charge is 0.495 e. The first-order valence-electron chi connectivity index (χ1n) is 13.8. The number of ether oxygens (including phenoxy) is 1. The molecule has 2 aliphatic heterocycles. The molecule has 11 heteroatoms. The van der Waals surface area contributed by atoms with E-state index in [0.29, 0.717) is 28.5 Å². The number of likely N-dealkylation sites (tertiary alicyclic amines) is 1. The van der Waals surface area contributed by atoms with Crippen molar-refractivity contribution in [3.63, 3.8) is 0 Å². The van der Waals surface area contributed by atoms with Gasteiger partial charge in [-0.25, -0.2) is 9.37 Å². The lowest BCUT2D eigenvalue weighted by Crippen LogP contribution is -2.50. The third kappa shape index (κ3) is 5.41. The van der Waals surface area contributed by atoms with Crippen molar-refractivity contribution in [3.8, 4) is 18.1 Å². The van der Waals surface area contributed by atoms with Crippen LogP contribution in [0.5, 0.6) is 5.75 Å². The van der Waals surface area contributed by atoms with Crippen LogP contribution in [0.4, 0.5) is 27.5 Å². The summed E-state index contributed by atoms with van der Waals surface area (Å²) in [5.41, 5.74) is -1.03. The van der Waals surface area contributed by atoms with Crippen molar-refractivity contribution < 1.29 is 18.7 Å².